The summed E-state index contributed by atoms with van der Waals surface area (Å²) in [6.07, 6.45) is 0.178. The minimum absolute atomic E-state index is 0.0738. The van der Waals surface area contributed by atoms with Crippen molar-refractivity contribution in [3.63, 3.8) is 0 Å². The highest BCUT2D eigenvalue weighted by molar-refractivity contribution is 7.91. The molecule has 0 bridgehead atoms. The number of sulfone groups is 1. The number of amides is 1. The second kappa shape index (κ2) is 7.94. The van der Waals surface area contributed by atoms with Crippen molar-refractivity contribution in [3.05, 3.63) is 63.3 Å². The third kappa shape index (κ3) is 3.45. The van der Waals surface area contributed by atoms with Crippen LogP contribution < -0.4 is 14.8 Å². The van der Waals surface area contributed by atoms with Crippen LogP contribution in [0.1, 0.15) is 22.8 Å². The van der Waals surface area contributed by atoms with Crippen molar-refractivity contribution in [2.24, 2.45) is 0 Å². The van der Waals surface area contributed by atoms with Crippen molar-refractivity contribution >= 4 is 44.4 Å². The van der Waals surface area contributed by atoms with Crippen LogP contribution in [0.5, 0.6) is 11.5 Å². The van der Waals surface area contributed by atoms with Crippen LogP contribution in [0.15, 0.2) is 57.6 Å². The van der Waals surface area contributed by atoms with Crippen LogP contribution >= 0.6 is 22.9 Å². The maximum atomic E-state index is 13.2. The monoisotopic (exact) mass is 463 g/mol. The van der Waals surface area contributed by atoms with Crippen molar-refractivity contribution in [1.29, 1.82) is 0 Å². The van der Waals surface area contributed by atoms with Gasteiger partial charge in [0.2, 0.25) is 15.7 Å². The van der Waals surface area contributed by atoms with Crippen molar-refractivity contribution in [2.75, 3.05) is 19.5 Å². The molecule has 0 saturated heterocycles. The molecular weight excluding hydrogens is 446 g/mol. The number of methoxy groups -OCH3 is 2. The zero-order valence-corrected chi connectivity index (χ0v) is 18.5. The topological polar surface area (TPSA) is 81.7 Å². The Hall–Kier alpha value is -2.55. The SMILES string of the molecule is COc1cccc(C2CC(=O)Nc3c(S(=O)(=O)c4ccc(Cl)cc4)csc32)c1OC. The maximum absolute atomic E-state index is 13.2. The Kier molecular flexibility index (Phi) is 5.48. The lowest BCUT2D eigenvalue weighted by atomic mass is 9.89. The van der Waals surface area contributed by atoms with Crippen LogP contribution in [0.25, 0.3) is 0 Å². The Balaban J connectivity index is 1.85. The number of halogens is 1. The van der Waals surface area contributed by atoms with Gasteiger partial charge in [0.05, 0.1) is 24.8 Å². The van der Waals surface area contributed by atoms with Gasteiger partial charge in [0, 0.05) is 33.2 Å². The van der Waals surface area contributed by atoms with Gasteiger partial charge in [-0.05, 0) is 30.3 Å². The van der Waals surface area contributed by atoms with E-state index in [1.165, 1.54) is 42.7 Å². The molecule has 1 aliphatic rings. The lowest BCUT2D eigenvalue weighted by molar-refractivity contribution is -0.116. The highest BCUT2D eigenvalue weighted by Gasteiger charge is 2.36. The predicted molar refractivity (Wildman–Crippen MR) is 116 cm³/mol. The lowest BCUT2D eigenvalue weighted by Crippen LogP contribution is -2.23. The van der Waals surface area contributed by atoms with E-state index >= 15 is 0 Å². The summed E-state index contributed by atoms with van der Waals surface area (Å²) in [5.41, 5.74) is 1.09. The number of thiophene rings is 1. The molecule has 3 aromatic rings. The first-order valence-electron chi connectivity index (χ1n) is 8.99. The molecule has 2 heterocycles. The van der Waals surface area contributed by atoms with Crippen molar-refractivity contribution < 1.29 is 22.7 Å². The van der Waals surface area contributed by atoms with Gasteiger partial charge < -0.3 is 14.8 Å². The van der Waals surface area contributed by atoms with E-state index < -0.39 is 9.84 Å². The molecule has 1 atom stereocenters. The number of carbonyl (C=O) groups is 1. The first-order valence-corrected chi connectivity index (χ1v) is 11.7. The van der Waals surface area contributed by atoms with Crippen molar-refractivity contribution in [1.82, 2.24) is 0 Å². The van der Waals surface area contributed by atoms with Gasteiger partial charge in [-0.3, -0.25) is 4.79 Å². The van der Waals surface area contributed by atoms with Gasteiger partial charge in [0.15, 0.2) is 11.5 Å². The number of rotatable bonds is 5. The van der Waals surface area contributed by atoms with E-state index in [-0.39, 0.29) is 28.0 Å². The van der Waals surface area contributed by atoms with E-state index in [4.69, 9.17) is 21.1 Å². The summed E-state index contributed by atoms with van der Waals surface area (Å²) in [5, 5.41) is 4.77. The summed E-state index contributed by atoms with van der Waals surface area (Å²) in [4.78, 5) is 13.5. The molecule has 0 aliphatic carbocycles. The third-order valence-electron chi connectivity index (χ3n) is 4.98. The second-order valence-corrected chi connectivity index (χ2v) is 9.95. The Bertz CT molecular complexity index is 1220. The normalized spacial score (nSPS) is 16.0. The Morgan fingerprint density at radius 3 is 2.50 bits per heavy atom. The molecule has 1 aromatic heterocycles. The number of ether oxygens (including phenoxy) is 2. The number of fused-ring (bicyclic) bond motifs is 1. The van der Waals surface area contributed by atoms with Crippen LogP contribution in [0, 0.1) is 0 Å². The molecule has 1 amide bonds. The van der Waals surface area contributed by atoms with Crippen LogP contribution in [0.2, 0.25) is 5.02 Å². The van der Waals surface area contributed by atoms with E-state index in [1.807, 2.05) is 12.1 Å². The third-order valence-corrected chi connectivity index (χ3v) is 8.27. The zero-order valence-electron chi connectivity index (χ0n) is 16.1. The van der Waals surface area contributed by atoms with E-state index in [9.17, 15) is 13.2 Å². The van der Waals surface area contributed by atoms with Gasteiger partial charge in [-0.2, -0.15) is 0 Å². The fourth-order valence-electron chi connectivity index (χ4n) is 3.58. The van der Waals surface area contributed by atoms with Crippen molar-refractivity contribution in [2.45, 2.75) is 22.1 Å². The Morgan fingerprint density at radius 1 is 1.10 bits per heavy atom. The Labute approximate surface area is 183 Å². The van der Waals surface area contributed by atoms with Gasteiger partial charge in [0.1, 0.15) is 4.90 Å². The van der Waals surface area contributed by atoms with Crippen LogP contribution in [-0.4, -0.2) is 28.5 Å². The largest absolute Gasteiger partial charge is 0.493 e. The van der Waals surface area contributed by atoms with E-state index in [0.29, 0.717) is 22.2 Å². The molecule has 0 radical (unpaired) electrons. The number of anilines is 1. The highest BCUT2D eigenvalue weighted by Crippen LogP contribution is 2.49. The van der Waals surface area contributed by atoms with Gasteiger partial charge in [-0.1, -0.05) is 23.7 Å². The van der Waals surface area contributed by atoms with Crippen LogP contribution in [-0.2, 0) is 14.6 Å². The predicted octanol–water partition coefficient (Wildman–Crippen LogP) is 4.73. The van der Waals surface area contributed by atoms with Crippen molar-refractivity contribution in [3.8, 4) is 11.5 Å². The highest BCUT2D eigenvalue weighted by atomic mass is 35.5. The Morgan fingerprint density at radius 2 is 1.83 bits per heavy atom. The average molecular weight is 464 g/mol. The molecule has 0 fully saturated rings. The zero-order chi connectivity index (χ0) is 21.5. The quantitative estimate of drug-likeness (QED) is 0.591. The van der Waals surface area contributed by atoms with Gasteiger partial charge in [-0.15, -0.1) is 11.3 Å². The number of benzene rings is 2. The standard InChI is InChI=1S/C21H18ClNO5S2/c1-27-16-5-3-4-14(20(16)28-2)15-10-18(24)23-19-17(11-29-21(15)19)30(25,26)13-8-6-12(22)7-9-13/h3-9,11,15H,10H2,1-2H3,(H,23,24). The summed E-state index contributed by atoms with van der Waals surface area (Å²) in [7, 11) is -0.748. The molecule has 4 rings (SSSR count). The molecule has 30 heavy (non-hydrogen) atoms. The minimum atomic E-state index is -3.83. The summed E-state index contributed by atoms with van der Waals surface area (Å²) in [6, 6.07) is 11.4. The molecule has 156 valence electrons. The molecule has 1 N–H and O–H groups in total. The summed E-state index contributed by atoms with van der Waals surface area (Å²) in [6.45, 7) is 0. The number of nitrogens with one attached hydrogen (secondary N) is 1. The van der Waals surface area contributed by atoms with Crippen LogP contribution in [0.4, 0.5) is 5.69 Å². The number of para-hydroxylation sites is 1. The maximum Gasteiger partial charge on any atom is 0.225 e. The molecular formula is C21H18ClNO5S2. The fourth-order valence-corrected chi connectivity index (χ4v) is 6.61. The first-order chi connectivity index (χ1) is 14.4. The number of hydrogen-bond donors (Lipinski definition) is 1. The molecule has 6 nitrogen and oxygen atoms in total. The average Bonchev–Trinajstić information content (AvgIpc) is 3.17. The number of hydrogen-bond acceptors (Lipinski definition) is 6. The molecule has 9 heteroatoms. The summed E-state index contributed by atoms with van der Waals surface area (Å²) < 4.78 is 37.4. The lowest BCUT2D eigenvalue weighted by Gasteiger charge is -2.25. The van der Waals surface area contributed by atoms with Gasteiger partial charge in [-0.25, -0.2) is 8.42 Å². The van der Waals surface area contributed by atoms with Gasteiger partial charge >= 0.3 is 0 Å². The number of carbonyl (C=O) groups excluding carboxylic acids is 1. The molecule has 0 saturated carbocycles. The van der Waals surface area contributed by atoms with E-state index in [2.05, 4.69) is 5.32 Å². The first kappa shape index (κ1) is 20.7. The van der Waals surface area contributed by atoms with Gasteiger partial charge in [0.25, 0.3) is 0 Å². The molecule has 0 spiro atoms. The fraction of sp³-hybridized carbons (Fsp3) is 0.190. The summed E-state index contributed by atoms with van der Waals surface area (Å²) in [5.74, 6) is 0.468. The minimum Gasteiger partial charge on any atom is -0.493 e. The van der Waals surface area contributed by atoms with E-state index in [0.717, 1.165) is 10.4 Å². The second-order valence-electron chi connectivity index (χ2n) is 6.68. The van der Waals surface area contributed by atoms with E-state index in [1.54, 1.807) is 18.6 Å². The molecule has 1 aliphatic heterocycles. The molecule has 2 aromatic carbocycles. The summed E-state index contributed by atoms with van der Waals surface area (Å²) >= 11 is 7.19. The van der Waals surface area contributed by atoms with Crippen LogP contribution in [0.3, 0.4) is 0 Å². The molecule has 1 unspecified atom stereocenters. The smallest absolute Gasteiger partial charge is 0.225 e.